The minimum absolute atomic E-state index is 0.172. The summed E-state index contributed by atoms with van der Waals surface area (Å²) in [6.07, 6.45) is 0. The Morgan fingerprint density at radius 1 is 1.60 bits per heavy atom. The van der Waals surface area contributed by atoms with Crippen molar-refractivity contribution in [3.05, 3.63) is 34.3 Å². The Hall–Kier alpha value is -0.520. The number of aliphatic carboxylic acids is 1. The number of carboxylic acids is 1. The van der Waals surface area contributed by atoms with Gasteiger partial charge in [0.05, 0.1) is 5.75 Å². The minimum atomic E-state index is -0.972. The van der Waals surface area contributed by atoms with Gasteiger partial charge in [-0.05, 0) is 12.1 Å². The van der Waals surface area contributed by atoms with E-state index in [-0.39, 0.29) is 5.37 Å². The number of carbonyl (C=O) groups excluding carboxylic acids is 1. The zero-order valence-corrected chi connectivity index (χ0v) is 10.3. The molecule has 1 aromatic carbocycles. The van der Waals surface area contributed by atoms with Crippen LogP contribution in [-0.2, 0) is 4.79 Å². The first-order valence-corrected chi connectivity index (χ1v) is 6.44. The zero-order chi connectivity index (χ0) is 10.8. The van der Waals surface area contributed by atoms with Crippen LogP contribution < -0.4 is 10.4 Å². The smallest absolute Gasteiger partial charge is 0.159 e. The van der Waals surface area contributed by atoms with Gasteiger partial charge >= 0.3 is 0 Å². The summed E-state index contributed by atoms with van der Waals surface area (Å²) in [7, 11) is 0. The van der Waals surface area contributed by atoms with Gasteiger partial charge in [0.1, 0.15) is 12.0 Å². The molecule has 1 aromatic rings. The molecule has 2 rings (SSSR count). The molecule has 0 aromatic heterocycles. The SMILES string of the molecule is O=C([O-])[C@H]1CS[C@@H](c2cccc(Br)c2)[NH2+]1. The van der Waals surface area contributed by atoms with E-state index in [2.05, 4.69) is 15.9 Å². The fourth-order valence-electron chi connectivity index (χ4n) is 1.57. The average molecular weight is 288 g/mol. The molecule has 0 amide bonds. The summed E-state index contributed by atoms with van der Waals surface area (Å²) < 4.78 is 1.02. The van der Waals surface area contributed by atoms with Gasteiger partial charge in [0.25, 0.3) is 0 Å². The fraction of sp³-hybridized carbons (Fsp3) is 0.300. The van der Waals surface area contributed by atoms with Gasteiger partial charge in [-0.25, -0.2) is 0 Å². The van der Waals surface area contributed by atoms with Crippen molar-refractivity contribution in [2.24, 2.45) is 0 Å². The number of halogens is 1. The fourth-order valence-corrected chi connectivity index (χ4v) is 3.29. The molecule has 0 radical (unpaired) electrons. The molecule has 3 nitrogen and oxygen atoms in total. The van der Waals surface area contributed by atoms with Crippen LogP contribution in [0.4, 0.5) is 0 Å². The van der Waals surface area contributed by atoms with Crippen molar-refractivity contribution in [1.82, 2.24) is 0 Å². The molecule has 2 N–H and O–H groups in total. The normalized spacial score (nSPS) is 25.4. The lowest BCUT2D eigenvalue weighted by molar-refractivity contribution is -0.690. The highest BCUT2D eigenvalue weighted by Gasteiger charge is 2.30. The number of benzene rings is 1. The molecule has 1 saturated heterocycles. The third-order valence-electron chi connectivity index (χ3n) is 2.34. The Morgan fingerprint density at radius 2 is 2.40 bits per heavy atom. The van der Waals surface area contributed by atoms with Crippen LogP contribution in [0.2, 0.25) is 0 Å². The Morgan fingerprint density at radius 3 is 3.00 bits per heavy atom. The Bertz CT molecular complexity index is 385. The third kappa shape index (κ3) is 2.53. The zero-order valence-electron chi connectivity index (χ0n) is 7.85. The second-order valence-corrected chi connectivity index (χ2v) is 5.52. The van der Waals surface area contributed by atoms with E-state index in [1.165, 1.54) is 0 Å². The van der Waals surface area contributed by atoms with Crippen molar-refractivity contribution in [2.45, 2.75) is 11.4 Å². The molecule has 1 aliphatic rings. The Kier molecular flexibility index (Phi) is 3.33. The first-order valence-electron chi connectivity index (χ1n) is 4.60. The Labute approximate surface area is 100 Å². The maximum atomic E-state index is 10.7. The molecular weight excluding hydrogens is 278 g/mol. The summed E-state index contributed by atoms with van der Waals surface area (Å²) in [6, 6.07) is 7.53. The molecule has 2 atom stereocenters. The number of thioether (sulfide) groups is 1. The number of carbonyl (C=O) groups is 1. The van der Waals surface area contributed by atoms with Crippen LogP contribution in [0.1, 0.15) is 10.9 Å². The van der Waals surface area contributed by atoms with E-state index >= 15 is 0 Å². The van der Waals surface area contributed by atoms with Crippen LogP contribution in [0.25, 0.3) is 0 Å². The van der Waals surface area contributed by atoms with E-state index in [4.69, 9.17) is 0 Å². The maximum absolute atomic E-state index is 10.7. The van der Waals surface area contributed by atoms with E-state index in [0.29, 0.717) is 5.75 Å². The minimum Gasteiger partial charge on any atom is -0.544 e. The molecule has 0 saturated carbocycles. The van der Waals surface area contributed by atoms with Gasteiger partial charge in [-0.1, -0.05) is 39.8 Å². The molecular formula is C10H10BrNO2S. The molecule has 0 aliphatic carbocycles. The summed E-state index contributed by atoms with van der Waals surface area (Å²) in [6.45, 7) is 0. The van der Waals surface area contributed by atoms with Gasteiger partial charge in [-0.3, -0.25) is 0 Å². The monoisotopic (exact) mass is 287 g/mol. The highest BCUT2D eigenvalue weighted by molar-refractivity contribution is 9.10. The molecule has 80 valence electrons. The van der Waals surface area contributed by atoms with Crippen molar-refractivity contribution in [3.8, 4) is 0 Å². The molecule has 15 heavy (non-hydrogen) atoms. The summed E-state index contributed by atoms with van der Waals surface area (Å²) in [5.41, 5.74) is 1.14. The first-order chi connectivity index (χ1) is 7.16. The van der Waals surface area contributed by atoms with Gasteiger partial charge in [-0.2, -0.15) is 0 Å². The van der Waals surface area contributed by atoms with Crippen molar-refractivity contribution in [1.29, 1.82) is 0 Å². The molecule has 0 bridgehead atoms. The number of carboxylic acid groups (broad SMARTS) is 1. The summed E-state index contributed by atoms with van der Waals surface area (Å²) >= 11 is 5.04. The van der Waals surface area contributed by atoms with Crippen LogP contribution in [0.3, 0.4) is 0 Å². The number of hydrogen-bond acceptors (Lipinski definition) is 3. The molecule has 0 spiro atoms. The summed E-state index contributed by atoms with van der Waals surface area (Å²) in [5, 5.41) is 12.7. The molecule has 5 heteroatoms. The van der Waals surface area contributed by atoms with Crippen LogP contribution in [0, 0.1) is 0 Å². The van der Waals surface area contributed by atoms with Gasteiger partial charge in [-0.15, -0.1) is 0 Å². The van der Waals surface area contributed by atoms with Crippen molar-refractivity contribution in [3.63, 3.8) is 0 Å². The van der Waals surface area contributed by atoms with E-state index in [1.807, 2.05) is 29.6 Å². The standard InChI is InChI=1S/C10H10BrNO2S/c11-7-3-1-2-6(4-7)9-12-8(5-15-9)10(13)14/h1-4,8-9,12H,5H2,(H,13,14)/t8-,9+/m1/s1. The average Bonchev–Trinajstić information content (AvgIpc) is 2.66. The van der Waals surface area contributed by atoms with E-state index < -0.39 is 12.0 Å². The van der Waals surface area contributed by atoms with Crippen molar-refractivity contribution >= 4 is 33.7 Å². The van der Waals surface area contributed by atoms with Crippen LogP contribution in [0.15, 0.2) is 28.7 Å². The van der Waals surface area contributed by atoms with Gasteiger partial charge in [0.15, 0.2) is 5.37 Å². The molecule has 0 unspecified atom stereocenters. The number of rotatable bonds is 2. The number of hydrogen-bond donors (Lipinski definition) is 1. The van der Waals surface area contributed by atoms with Gasteiger partial charge < -0.3 is 15.2 Å². The van der Waals surface area contributed by atoms with Crippen LogP contribution in [-0.4, -0.2) is 17.8 Å². The number of quaternary nitrogens is 1. The van der Waals surface area contributed by atoms with E-state index in [0.717, 1.165) is 10.0 Å². The maximum Gasteiger partial charge on any atom is 0.159 e. The largest absolute Gasteiger partial charge is 0.544 e. The molecule has 1 aliphatic heterocycles. The topological polar surface area (TPSA) is 56.7 Å². The first kappa shape index (κ1) is 11.0. The summed E-state index contributed by atoms with van der Waals surface area (Å²) in [4.78, 5) is 10.7. The molecule has 1 heterocycles. The molecule has 1 fully saturated rings. The lowest BCUT2D eigenvalue weighted by atomic mass is 10.2. The van der Waals surface area contributed by atoms with Crippen molar-refractivity contribution in [2.75, 3.05) is 5.75 Å². The quantitative estimate of drug-likeness (QED) is 0.825. The van der Waals surface area contributed by atoms with E-state index in [1.54, 1.807) is 11.8 Å². The van der Waals surface area contributed by atoms with Gasteiger partial charge in [0, 0.05) is 10.0 Å². The lowest BCUT2D eigenvalue weighted by Gasteiger charge is -2.10. The van der Waals surface area contributed by atoms with Gasteiger partial charge in [0.2, 0.25) is 0 Å². The summed E-state index contributed by atoms with van der Waals surface area (Å²) in [5.74, 6) is -0.362. The highest BCUT2D eigenvalue weighted by atomic mass is 79.9. The number of nitrogens with two attached hydrogens (primary N) is 1. The Balaban J connectivity index is 2.11. The second-order valence-electron chi connectivity index (χ2n) is 3.43. The van der Waals surface area contributed by atoms with Crippen molar-refractivity contribution < 1.29 is 15.2 Å². The van der Waals surface area contributed by atoms with Crippen LogP contribution >= 0.6 is 27.7 Å². The predicted molar refractivity (Wildman–Crippen MR) is 60.1 cm³/mol. The lowest BCUT2D eigenvalue weighted by Crippen LogP contribution is -2.90. The third-order valence-corrected chi connectivity index (χ3v) is 4.18. The highest BCUT2D eigenvalue weighted by Crippen LogP contribution is 2.28. The predicted octanol–water partition coefficient (Wildman–Crippen LogP) is -0.124. The van der Waals surface area contributed by atoms with E-state index in [9.17, 15) is 9.90 Å². The van der Waals surface area contributed by atoms with Crippen LogP contribution in [0.5, 0.6) is 0 Å². The second kappa shape index (κ2) is 4.55.